The van der Waals surface area contributed by atoms with E-state index in [-0.39, 0.29) is 5.91 Å². The number of amides is 1. The first kappa shape index (κ1) is 12.4. The van der Waals surface area contributed by atoms with E-state index >= 15 is 0 Å². The summed E-state index contributed by atoms with van der Waals surface area (Å²) >= 11 is 0. The summed E-state index contributed by atoms with van der Waals surface area (Å²) < 4.78 is 5.10. The van der Waals surface area contributed by atoms with Crippen LogP contribution in [0.3, 0.4) is 0 Å². The zero-order valence-corrected chi connectivity index (χ0v) is 9.19. The molecule has 0 aromatic carbocycles. The molecule has 1 rings (SSSR count). The molecule has 0 atom stereocenters. The van der Waals surface area contributed by atoms with Crippen LogP contribution in [0.5, 0.6) is 0 Å². The van der Waals surface area contributed by atoms with Crippen LogP contribution in [-0.2, 0) is 4.74 Å². The van der Waals surface area contributed by atoms with Crippen LogP contribution >= 0.6 is 0 Å². The maximum Gasteiger partial charge on any atom is 0.270 e. The van der Waals surface area contributed by atoms with E-state index in [9.17, 15) is 4.79 Å². The van der Waals surface area contributed by atoms with Gasteiger partial charge < -0.3 is 15.5 Å². The van der Waals surface area contributed by atoms with Crippen LogP contribution in [-0.4, -0.2) is 30.6 Å². The third kappa shape index (κ3) is 3.84. The van der Waals surface area contributed by atoms with Crippen molar-refractivity contribution in [3.05, 3.63) is 24.0 Å². The Bertz CT molecular complexity index is 343. The Balaban J connectivity index is 2.46. The zero-order chi connectivity index (χ0) is 11.8. The SMILES string of the molecule is CCOCCNC(=O)c1cc(NN)ccn1. The predicted octanol–water partition coefficient (Wildman–Crippen LogP) is 0.134. The van der Waals surface area contributed by atoms with E-state index in [0.717, 1.165) is 0 Å². The first-order valence-electron chi connectivity index (χ1n) is 5.06. The summed E-state index contributed by atoms with van der Waals surface area (Å²) in [7, 11) is 0. The second-order valence-corrected chi connectivity index (χ2v) is 3.03. The number of rotatable bonds is 6. The van der Waals surface area contributed by atoms with Gasteiger partial charge in [0.2, 0.25) is 0 Å². The minimum Gasteiger partial charge on any atom is -0.380 e. The van der Waals surface area contributed by atoms with Gasteiger partial charge >= 0.3 is 0 Å². The second kappa shape index (κ2) is 6.76. The van der Waals surface area contributed by atoms with Gasteiger partial charge in [-0.1, -0.05) is 0 Å². The Kier molecular flexibility index (Phi) is 5.24. The van der Waals surface area contributed by atoms with E-state index in [1.54, 1.807) is 12.1 Å². The van der Waals surface area contributed by atoms with Crippen LogP contribution in [0.15, 0.2) is 18.3 Å². The van der Waals surface area contributed by atoms with E-state index < -0.39 is 0 Å². The fraction of sp³-hybridized carbons (Fsp3) is 0.400. The summed E-state index contributed by atoms with van der Waals surface area (Å²) in [6.07, 6.45) is 1.52. The number of nitrogens with one attached hydrogen (secondary N) is 2. The maximum absolute atomic E-state index is 11.6. The van der Waals surface area contributed by atoms with Gasteiger partial charge in [0.25, 0.3) is 5.91 Å². The van der Waals surface area contributed by atoms with Gasteiger partial charge in [0.15, 0.2) is 0 Å². The number of ether oxygens (including phenoxy) is 1. The average Bonchev–Trinajstić information content (AvgIpc) is 2.34. The highest BCUT2D eigenvalue weighted by atomic mass is 16.5. The number of carbonyl (C=O) groups excluding carboxylic acids is 1. The Labute approximate surface area is 94.2 Å². The van der Waals surface area contributed by atoms with Gasteiger partial charge in [0.05, 0.1) is 12.3 Å². The molecule has 6 heteroatoms. The smallest absolute Gasteiger partial charge is 0.270 e. The Morgan fingerprint density at radius 1 is 1.62 bits per heavy atom. The van der Waals surface area contributed by atoms with E-state index in [4.69, 9.17) is 10.6 Å². The van der Waals surface area contributed by atoms with Gasteiger partial charge in [0, 0.05) is 19.3 Å². The molecule has 0 radical (unpaired) electrons. The summed E-state index contributed by atoms with van der Waals surface area (Å²) in [6.45, 7) is 3.51. The van der Waals surface area contributed by atoms with Gasteiger partial charge in [0.1, 0.15) is 5.69 Å². The largest absolute Gasteiger partial charge is 0.380 e. The van der Waals surface area contributed by atoms with Crippen molar-refractivity contribution in [3.63, 3.8) is 0 Å². The average molecular weight is 224 g/mol. The second-order valence-electron chi connectivity index (χ2n) is 3.03. The lowest BCUT2D eigenvalue weighted by molar-refractivity contribution is 0.0918. The topological polar surface area (TPSA) is 89.3 Å². The number of anilines is 1. The molecule has 4 N–H and O–H groups in total. The lowest BCUT2D eigenvalue weighted by atomic mass is 10.3. The highest BCUT2D eigenvalue weighted by Crippen LogP contribution is 2.05. The van der Waals surface area contributed by atoms with Crippen molar-refractivity contribution in [3.8, 4) is 0 Å². The number of hydrazine groups is 1. The van der Waals surface area contributed by atoms with Gasteiger partial charge in [-0.25, -0.2) is 0 Å². The Morgan fingerprint density at radius 3 is 3.12 bits per heavy atom. The molecule has 0 spiro atoms. The molecular weight excluding hydrogens is 208 g/mol. The Morgan fingerprint density at radius 2 is 2.44 bits per heavy atom. The molecule has 1 aromatic heterocycles. The molecular formula is C10H16N4O2. The van der Waals surface area contributed by atoms with Crippen molar-refractivity contribution >= 4 is 11.6 Å². The summed E-state index contributed by atoms with van der Waals surface area (Å²) in [5.74, 6) is 4.99. The minimum atomic E-state index is -0.239. The normalized spacial score (nSPS) is 9.88. The molecule has 0 fully saturated rings. The molecule has 88 valence electrons. The van der Waals surface area contributed by atoms with Crippen LogP contribution in [0.4, 0.5) is 5.69 Å². The fourth-order valence-corrected chi connectivity index (χ4v) is 1.12. The van der Waals surface area contributed by atoms with E-state index in [1.165, 1.54) is 6.20 Å². The lowest BCUT2D eigenvalue weighted by Crippen LogP contribution is -2.28. The monoisotopic (exact) mass is 224 g/mol. The number of nitrogens with two attached hydrogens (primary N) is 1. The van der Waals surface area contributed by atoms with Crippen molar-refractivity contribution in [1.82, 2.24) is 10.3 Å². The molecule has 0 aliphatic heterocycles. The number of hydrogen-bond donors (Lipinski definition) is 3. The third-order valence-electron chi connectivity index (χ3n) is 1.90. The fourth-order valence-electron chi connectivity index (χ4n) is 1.12. The summed E-state index contributed by atoms with van der Waals surface area (Å²) in [4.78, 5) is 15.5. The number of carbonyl (C=O) groups is 1. The maximum atomic E-state index is 11.6. The number of pyridine rings is 1. The molecule has 0 bridgehead atoms. The van der Waals surface area contributed by atoms with E-state index in [1.807, 2.05) is 6.92 Å². The van der Waals surface area contributed by atoms with Crippen molar-refractivity contribution < 1.29 is 9.53 Å². The van der Waals surface area contributed by atoms with Gasteiger partial charge in [-0.2, -0.15) is 0 Å². The molecule has 1 heterocycles. The van der Waals surface area contributed by atoms with Gasteiger partial charge in [-0.15, -0.1) is 0 Å². The third-order valence-corrected chi connectivity index (χ3v) is 1.90. The molecule has 0 saturated carbocycles. The van der Waals surface area contributed by atoms with E-state index in [2.05, 4.69) is 15.7 Å². The highest BCUT2D eigenvalue weighted by molar-refractivity contribution is 5.93. The zero-order valence-electron chi connectivity index (χ0n) is 9.19. The quantitative estimate of drug-likeness (QED) is 0.363. The lowest BCUT2D eigenvalue weighted by Gasteiger charge is -2.05. The van der Waals surface area contributed by atoms with Crippen LogP contribution in [0.1, 0.15) is 17.4 Å². The molecule has 0 saturated heterocycles. The standard InChI is InChI=1S/C10H16N4O2/c1-2-16-6-5-13-10(15)9-7-8(14-11)3-4-12-9/h3-4,7H,2,5-6,11H2,1H3,(H,12,14)(H,13,15). The summed E-state index contributed by atoms with van der Waals surface area (Å²) in [5.41, 5.74) is 3.42. The van der Waals surface area contributed by atoms with Crippen LogP contribution in [0, 0.1) is 0 Å². The number of hydrogen-bond acceptors (Lipinski definition) is 5. The van der Waals surface area contributed by atoms with Gasteiger partial charge in [-0.05, 0) is 19.1 Å². The molecule has 6 nitrogen and oxygen atoms in total. The van der Waals surface area contributed by atoms with Crippen LogP contribution < -0.4 is 16.6 Å². The van der Waals surface area contributed by atoms with E-state index in [0.29, 0.717) is 31.1 Å². The highest BCUT2D eigenvalue weighted by Gasteiger charge is 2.06. The minimum absolute atomic E-state index is 0.239. The number of aromatic nitrogens is 1. The van der Waals surface area contributed by atoms with Crippen molar-refractivity contribution in [1.29, 1.82) is 0 Å². The van der Waals surface area contributed by atoms with Crippen molar-refractivity contribution in [2.24, 2.45) is 5.84 Å². The van der Waals surface area contributed by atoms with Crippen LogP contribution in [0.2, 0.25) is 0 Å². The first-order valence-corrected chi connectivity index (χ1v) is 5.06. The summed E-state index contributed by atoms with van der Waals surface area (Å²) in [5, 5.41) is 2.69. The Hall–Kier alpha value is -1.66. The number of nitrogen functional groups attached to an aromatic ring is 1. The van der Waals surface area contributed by atoms with Crippen LogP contribution in [0.25, 0.3) is 0 Å². The van der Waals surface area contributed by atoms with Gasteiger partial charge in [-0.3, -0.25) is 15.6 Å². The van der Waals surface area contributed by atoms with Crippen molar-refractivity contribution in [2.45, 2.75) is 6.92 Å². The first-order chi connectivity index (χ1) is 7.77. The van der Waals surface area contributed by atoms with Crippen molar-refractivity contribution in [2.75, 3.05) is 25.2 Å². The molecule has 1 aromatic rings. The number of nitrogens with zero attached hydrogens (tertiary/aromatic N) is 1. The predicted molar refractivity (Wildman–Crippen MR) is 60.9 cm³/mol. The summed E-state index contributed by atoms with van der Waals surface area (Å²) in [6, 6.07) is 3.26. The molecule has 1 amide bonds. The molecule has 16 heavy (non-hydrogen) atoms. The molecule has 0 aliphatic carbocycles. The molecule has 0 aliphatic rings. The molecule has 0 unspecified atom stereocenters.